The molecule has 0 amide bonds. The topological polar surface area (TPSA) is 12.9 Å². The molecule has 0 aromatic carbocycles. The van der Waals surface area contributed by atoms with E-state index in [-0.39, 0.29) is 0 Å². The van der Waals surface area contributed by atoms with Crippen molar-refractivity contribution in [1.82, 2.24) is 4.98 Å². The fourth-order valence-corrected chi connectivity index (χ4v) is 0.870. The second kappa shape index (κ2) is 3.04. The van der Waals surface area contributed by atoms with Crippen LogP contribution >= 0.6 is 0 Å². The summed E-state index contributed by atoms with van der Waals surface area (Å²) in [4.78, 5) is 3.92. The molecule has 1 rings (SSSR count). The van der Waals surface area contributed by atoms with E-state index in [1.54, 1.807) is 24.5 Å². The maximum absolute atomic E-state index is 7.95. The Bertz CT molecular complexity index is 275. The van der Waals surface area contributed by atoms with Crippen molar-refractivity contribution in [3.05, 3.63) is 30.1 Å². The maximum atomic E-state index is 7.95. The van der Waals surface area contributed by atoms with Gasteiger partial charge in [-0.2, -0.15) is 0 Å². The Hall–Kier alpha value is -0.850. The van der Waals surface area contributed by atoms with E-state index in [4.69, 9.17) is 2.74 Å². The molecule has 0 N–H and O–H groups in total. The minimum Gasteiger partial charge on any atom is -0.264 e. The molecule has 1 heteroatoms. The van der Waals surface area contributed by atoms with Gasteiger partial charge in [0.25, 0.3) is 0 Å². The Morgan fingerprint density at radius 1 is 1.55 bits per heavy atom. The molecule has 0 fully saturated rings. The van der Waals surface area contributed by atoms with E-state index in [1.807, 2.05) is 20.8 Å². The SMILES string of the molecule is [2H]C([2H])(c1cccnc1)C(C)(C)C. The van der Waals surface area contributed by atoms with Gasteiger partial charge in [0.05, 0.1) is 0 Å². The summed E-state index contributed by atoms with van der Waals surface area (Å²) in [5, 5.41) is 0. The minimum absolute atomic E-state index is 0.407. The maximum Gasteiger partial charge on any atom is 0.0322 e. The van der Waals surface area contributed by atoms with E-state index in [1.165, 1.54) is 0 Å². The molecule has 0 aliphatic rings. The molecule has 0 unspecified atom stereocenters. The third kappa shape index (κ3) is 3.17. The number of hydrogen-bond donors (Lipinski definition) is 0. The second-order valence-electron chi connectivity index (χ2n) is 3.62. The number of rotatable bonds is 1. The van der Waals surface area contributed by atoms with Gasteiger partial charge in [0.2, 0.25) is 0 Å². The molecule has 11 heavy (non-hydrogen) atoms. The zero-order chi connectivity index (χ0) is 10.1. The molecule has 0 aliphatic heterocycles. The van der Waals surface area contributed by atoms with Gasteiger partial charge in [0, 0.05) is 15.1 Å². The number of pyridine rings is 1. The van der Waals surface area contributed by atoms with E-state index in [0.29, 0.717) is 5.56 Å². The smallest absolute Gasteiger partial charge is 0.0322 e. The molecular weight excluding hydrogens is 134 g/mol. The molecule has 1 nitrogen and oxygen atoms in total. The van der Waals surface area contributed by atoms with E-state index in [2.05, 4.69) is 4.98 Å². The molecule has 0 atom stereocenters. The first-order valence-corrected chi connectivity index (χ1v) is 3.76. The highest BCUT2D eigenvalue weighted by Gasteiger charge is 2.10. The largest absolute Gasteiger partial charge is 0.264 e. The van der Waals surface area contributed by atoms with Crippen LogP contribution in [0, 0.1) is 5.41 Å². The van der Waals surface area contributed by atoms with E-state index >= 15 is 0 Å². The van der Waals surface area contributed by atoms with E-state index < -0.39 is 11.8 Å². The van der Waals surface area contributed by atoms with Crippen molar-refractivity contribution >= 4 is 0 Å². The van der Waals surface area contributed by atoms with Gasteiger partial charge in [-0.1, -0.05) is 26.8 Å². The minimum atomic E-state index is -1.33. The lowest BCUT2D eigenvalue weighted by molar-refractivity contribution is 0.411. The summed E-state index contributed by atoms with van der Waals surface area (Å²) >= 11 is 0. The lowest BCUT2D eigenvalue weighted by Gasteiger charge is -2.17. The van der Waals surface area contributed by atoms with Crippen molar-refractivity contribution in [2.45, 2.75) is 27.1 Å². The molecule has 0 saturated carbocycles. The summed E-state index contributed by atoms with van der Waals surface area (Å²) < 4.78 is 15.9. The monoisotopic (exact) mass is 151 g/mol. The first-order valence-electron chi connectivity index (χ1n) is 4.76. The molecule has 0 saturated heterocycles. The Morgan fingerprint density at radius 2 is 2.27 bits per heavy atom. The fourth-order valence-electron chi connectivity index (χ4n) is 0.870. The predicted molar refractivity (Wildman–Crippen MR) is 47.4 cm³/mol. The summed E-state index contributed by atoms with van der Waals surface area (Å²) in [6.45, 7) is 5.67. The normalized spacial score (nSPS) is 15.5. The quantitative estimate of drug-likeness (QED) is 0.601. The molecule has 1 aromatic heterocycles. The molecule has 60 valence electrons. The van der Waals surface area contributed by atoms with Gasteiger partial charge in [-0.15, -0.1) is 0 Å². The molecule has 1 aromatic rings. The first kappa shape index (κ1) is 5.76. The lowest BCUT2D eigenvalue weighted by atomic mass is 9.89. The zero-order valence-corrected chi connectivity index (χ0v) is 7.26. The van der Waals surface area contributed by atoms with Crippen LogP contribution in [0.5, 0.6) is 0 Å². The average Bonchev–Trinajstić information content (AvgIpc) is 2.04. The van der Waals surface area contributed by atoms with Gasteiger partial charge < -0.3 is 0 Å². The highest BCUT2D eigenvalue weighted by Crippen LogP contribution is 2.19. The number of hydrogen-bond acceptors (Lipinski definition) is 1. The number of nitrogens with zero attached hydrogens (tertiary/aromatic N) is 1. The molecule has 0 aliphatic carbocycles. The standard InChI is InChI=1S/C10H15N/c1-10(2,3)7-9-5-4-6-11-8-9/h4-6,8H,7H2,1-3H3/i7D2. The van der Waals surface area contributed by atoms with Gasteiger partial charge in [-0.25, -0.2) is 0 Å². The van der Waals surface area contributed by atoms with Gasteiger partial charge in [0.1, 0.15) is 0 Å². The molecule has 0 radical (unpaired) electrons. The Labute approximate surface area is 71.3 Å². The van der Waals surface area contributed by atoms with Crippen molar-refractivity contribution in [3.8, 4) is 0 Å². The van der Waals surface area contributed by atoms with Crippen molar-refractivity contribution in [2.75, 3.05) is 0 Å². The van der Waals surface area contributed by atoms with Crippen molar-refractivity contribution in [2.24, 2.45) is 5.41 Å². The summed E-state index contributed by atoms with van der Waals surface area (Å²) in [6, 6.07) is 3.54. The summed E-state index contributed by atoms with van der Waals surface area (Å²) in [5.41, 5.74) is 0.234. The van der Waals surface area contributed by atoms with Crippen molar-refractivity contribution in [3.63, 3.8) is 0 Å². The van der Waals surface area contributed by atoms with Crippen LogP contribution in [0.4, 0.5) is 0 Å². The molecule has 0 spiro atoms. The first-order chi connectivity index (χ1) is 5.86. The Balaban J connectivity index is 3.08. The van der Waals surface area contributed by atoms with Crippen LogP contribution in [0.1, 0.15) is 29.1 Å². The van der Waals surface area contributed by atoms with E-state index in [0.717, 1.165) is 0 Å². The van der Waals surface area contributed by atoms with Crippen molar-refractivity contribution < 1.29 is 2.74 Å². The van der Waals surface area contributed by atoms with Crippen LogP contribution in [-0.4, -0.2) is 4.98 Å². The second-order valence-corrected chi connectivity index (χ2v) is 3.62. The summed E-state index contributed by atoms with van der Waals surface area (Å²) in [7, 11) is 0. The van der Waals surface area contributed by atoms with Gasteiger partial charge >= 0.3 is 0 Å². The van der Waals surface area contributed by atoms with E-state index in [9.17, 15) is 0 Å². The van der Waals surface area contributed by atoms with Crippen LogP contribution < -0.4 is 0 Å². The third-order valence-corrected chi connectivity index (χ3v) is 1.18. The fraction of sp³-hybridized carbons (Fsp3) is 0.500. The van der Waals surface area contributed by atoms with Gasteiger partial charge in [-0.3, -0.25) is 4.98 Å². The lowest BCUT2D eigenvalue weighted by Crippen LogP contribution is -2.08. The highest BCUT2D eigenvalue weighted by molar-refractivity contribution is 5.09. The molecule has 1 heterocycles. The van der Waals surface area contributed by atoms with Gasteiger partial charge in [0.15, 0.2) is 0 Å². The predicted octanol–water partition coefficient (Wildman–Crippen LogP) is 2.67. The van der Waals surface area contributed by atoms with Crippen LogP contribution in [0.2, 0.25) is 0 Å². The van der Waals surface area contributed by atoms with Crippen LogP contribution in [0.25, 0.3) is 0 Å². The molecular formula is C10H15N. The Morgan fingerprint density at radius 3 is 2.73 bits per heavy atom. The van der Waals surface area contributed by atoms with Gasteiger partial charge in [-0.05, 0) is 23.4 Å². The van der Waals surface area contributed by atoms with Crippen LogP contribution in [0.15, 0.2) is 24.5 Å². The Kier molecular flexibility index (Phi) is 1.59. The third-order valence-electron chi connectivity index (χ3n) is 1.18. The van der Waals surface area contributed by atoms with Crippen molar-refractivity contribution in [1.29, 1.82) is 0 Å². The average molecular weight is 151 g/mol. The zero-order valence-electron chi connectivity index (χ0n) is 9.26. The highest BCUT2D eigenvalue weighted by atomic mass is 14.6. The van der Waals surface area contributed by atoms with Crippen LogP contribution in [0.3, 0.4) is 0 Å². The number of aromatic nitrogens is 1. The molecule has 0 bridgehead atoms. The summed E-state index contributed by atoms with van der Waals surface area (Å²) in [6.07, 6.45) is 1.91. The van der Waals surface area contributed by atoms with Crippen LogP contribution in [-0.2, 0) is 6.37 Å². The summed E-state index contributed by atoms with van der Waals surface area (Å²) in [5.74, 6) is 0.